The number of aldehydes is 1. The van der Waals surface area contributed by atoms with Gasteiger partial charge < -0.3 is 4.79 Å². The van der Waals surface area contributed by atoms with Gasteiger partial charge in [-0.25, -0.2) is 0 Å². The predicted octanol–water partition coefficient (Wildman–Crippen LogP) is 4.06. The van der Waals surface area contributed by atoms with Crippen LogP contribution in [0.1, 0.15) is 58.8 Å². The second-order valence-corrected chi connectivity index (χ2v) is 6.31. The van der Waals surface area contributed by atoms with Crippen molar-refractivity contribution in [2.75, 3.05) is 0 Å². The second kappa shape index (κ2) is 5.33. The Labute approximate surface area is 100.0 Å². The molecule has 0 saturated heterocycles. The molecule has 92 valence electrons. The van der Waals surface area contributed by atoms with E-state index in [9.17, 15) is 4.79 Å². The third kappa shape index (κ3) is 2.49. The lowest BCUT2D eigenvalue weighted by Gasteiger charge is -2.42. The first-order chi connectivity index (χ1) is 7.72. The Morgan fingerprint density at radius 3 is 2.38 bits per heavy atom. The highest BCUT2D eigenvalue weighted by Crippen LogP contribution is 2.44. The summed E-state index contributed by atoms with van der Waals surface area (Å²) in [5.41, 5.74) is 0. The standard InChI is InChI=1S/C15H26O/c1-11-7-8-14(12(2)9-11)15-6-4-3-5-13(15)10-16/h10-15H,3-9H2,1-2H3. The van der Waals surface area contributed by atoms with Crippen molar-refractivity contribution >= 4 is 6.29 Å². The van der Waals surface area contributed by atoms with Crippen LogP contribution in [0.2, 0.25) is 0 Å². The Morgan fingerprint density at radius 2 is 1.69 bits per heavy atom. The highest BCUT2D eigenvalue weighted by Gasteiger charge is 2.36. The van der Waals surface area contributed by atoms with Crippen LogP contribution >= 0.6 is 0 Å². The van der Waals surface area contributed by atoms with Gasteiger partial charge in [-0.2, -0.15) is 0 Å². The van der Waals surface area contributed by atoms with Gasteiger partial charge in [0.05, 0.1) is 0 Å². The van der Waals surface area contributed by atoms with Crippen LogP contribution in [0.4, 0.5) is 0 Å². The van der Waals surface area contributed by atoms with E-state index < -0.39 is 0 Å². The third-order valence-corrected chi connectivity index (χ3v) is 5.10. The van der Waals surface area contributed by atoms with Gasteiger partial charge in [-0.3, -0.25) is 0 Å². The largest absolute Gasteiger partial charge is 0.303 e. The van der Waals surface area contributed by atoms with Crippen molar-refractivity contribution in [2.45, 2.75) is 58.8 Å². The first kappa shape index (κ1) is 12.1. The monoisotopic (exact) mass is 222 g/mol. The molecule has 0 heterocycles. The Kier molecular flexibility index (Phi) is 4.05. The fraction of sp³-hybridized carbons (Fsp3) is 0.933. The van der Waals surface area contributed by atoms with E-state index in [2.05, 4.69) is 13.8 Å². The molecule has 0 amide bonds. The van der Waals surface area contributed by atoms with Gasteiger partial charge in [-0.1, -0.05) is 33.1 Å². The molecule has 2 fully saturated rings. The minimum atomic E-state index is 0.384. The van der Waals surface area contributed by atoms with Gasteiger partial charge in [0.25, 0.3) is 0 Å². The van der Waals surface area contributed by atoms with Crippen molar-refractivity contribution in [3.8, 4) is 0 Å². The van der Waals surface area contributed by atoms with Crippen molar-refractivity contribution in [1.29, 1.82) is 0 Å². The molecule has 5 unspecified atom stereocenters. The van der Waals surface area contributed by atoms with Crippen molar-refractivity contribution in [3.63, 3.8) is 0 Å². The average Bonchev–Trinajstić information content (AvgIpc) is 2.29. The zero-order valence-corrected chi connectivity index (χ0v) is 10.8. The van der Waals surface area contributed by atoms with Crippen molar-refractivity contribution in [1.82, 2.24) is 0 Å². The number of hydrogen-bond donors (Lipinski definition) is 0. The van der Waals surface area contributed by atoms with Gasteiger partial charge >= 0.3 is 0 Å². The van der Waals surface area contributed by atoms with Crippen LogP contribution in [0.15, 0.2) is 0 Å². The maximum absolute atomic E-state index is 11.2. The smallest absolute Gasteiger partial charge is 0.123 e. The van der Waals surface area contributed by atoms with Crippen molar-refractivity contribution < 1.29 is 4.79 Å². The third-order valence-electron chi connectivity index (χ3n) is 5.10. The summed E-state index contributed by atoms with van der Waals surface area (Å²) in [6.07, 6.45) is 10.5. The summed E-state index contributed by atoms with van der Waals surface area (Å²) in [7, 11) is 0. The molecule has 2 aliphatic carbocycles. The number of hydrogen-bond acceptors (Lipinski definition) is 1. The molecule has 0 aromatic heterocycles. The van der Waals surface area contributed by atoms with Gasteiger partial charge in [0.1, 0.15) is 6.29 Å². The van der Waals surface area contributed by atoms with E-state index in [1.54, 1.807) is 0 Å². The van der Waals surface area contributed by atoms with Crippen LogP contribution in [0.3, 0.4) is 0 Å². The van der Waals surface area contributed by atoms with Crippen LogP contribution in [0.5, 0.6) is 0 Å². The minimum Gasteiger partial charge on any atom is -0.303 e. The van der Waals surface area contributed by atoms with Crippen LogP contribution in [-0.4, -0.2) is 6.29 Å². The van der Waals surface area contributed by atoms with Gasteiger partial charge in [0, 0.05) is 5.92 Å². The van der Waals surface area contributed by atoms with Crippen LogP contribution in [0.25, 0.3) is 0 Å². The highest BCUT2D eigenvalue weighted by molar-refractivity contribution is 5.54. The van der Waals surface area contributed by atoms with E-state index >= 15 is 0 Å². The molecule has 0 bridgehead atoms. The molecular weight excluding hydrogens is 196 g/mol. The van der Waals surface area contributed by atoms with Crippen LogP contribution in [0, 0.1) is 29.6 Å². The second-order valence-electron chi connectivity index (χ2n) is 6.31. The summed E-state index contributed by atoms with van der Waals surface area (Å²) in [6.45, 7) is 4.79. The molecule has 0 radical (unpaired) electrons. The van der Waals surface area contributed by atoms with Crippen molar-refractivity contribution in [2.24, 2.45) is 29.6 Å². The molecule has 2 aliphatic rings. The summed E-state index contributed by atoms with van der Waals surface area (Å²) in [5.74, 6) is 3.69. The summed E-state index contributed by atoms with van der Waals surface area (Å²) < 4.78 is 0. The molecule has 0 aromatic carbocycles. The lowest BCUT2D eigenvalue weighted by molar-refractivity contribution is -0.115. The van der Waals surface area contributed by atoms with Gasteiger partial charge in [-0.05, 0) is 49.4 Å². The topological polar surface area (TPSA) is 17.1 Å². The van der Waals surface area contributed by atoms with E-state index in [0.29, 0.717) is 11.8 Å². The summed E-state index contributed by atoms with van der Waals surface area (Å²) in [5, 5.41) is 0. The number of rotatable bonds is 2. The average molecular weight is 222 g/mol. The molecule has 1 nitrogen and oxygen atoms in total. The molecular formula is C15H26O. The summed E-state index contributed by atoms with van der Waals surface area (Å²) in [4.78, 5) is 11.2. The normalized spacial score (nSPS) is 45.2. The van der Waals surface area contributed by atoms with E-state index in [1.165, 1.54) is 44.8 Å². The Balaban J connectivity index is 2.01. The van der Waals surface area contributed by atoms with E-state index in [4.69, 9.17) is 0 Å². The maximum atomic E-state index is 11.2. The SMILES string of the molecule is CC1CCC(C2CCCCC2C=O)C(C)C1. The molecule has 1 heteroatoms. The van der Waals surface area contributed by atoms with E-state index in [-0.39, 0.29) is 0 Å². The maximum Gasteiger partial charge on any atom is 0.123 e. The molecule has 5 atom stereocenters. The van der Waals surface area contributed by atoms with Crippen LogP contribution < -0.4 is 0 Å². The Bertz CT molecular complexity index is 236. The first-order valence-corrected chi connectivity index (χ1v) is 7.17. The molecule has 0 N–H and O–H groups in total. The predicted molar refractivity (Wildman–Crippen MR) is 67.2 cm³/mol. The Hall–Kier alpha value is -0.330. The summed E-state index contributed by atoms with van der Waals surface area (Å²) >= 11 is 0. The zero-order valence-electron chi connectivity index (χ0n) is 10.8. The van der Waals surface area contributed by atoms with Crippen LogP contribution in [-0.2, 0) is 4.79 Å². The highest BCUT2D eigenvalue weighted by atomic mass is 16.1. The zero-order chi connectivity index (χ0) is 11.5. The van der Waals surface area contributed by atoms with Gasteiger partial charge in [0.2, 0.25) is 0 Å². The molecule has 2 saturated carbocycles. The lowest BCUT2D eigenvalue weighted by Crippen LogP contribution is -2.34. The van der Waals surface area contributed by atoms with Gasteiger partial charge in [0.15, 0.2) is 0 Å². The van der Waals surface area contributed by atoms with E-state index in [0.717, 1.165) is 24.2 Å². The van der Waals surface area contributed by atoms with Crippen molar-refractivity contribution in [3.05, 3.63) is 0 Å². The quantitative estimate of drug-likeness (QED) is 0.644. The Morgan fingerprint density at radius 1 is 0.938 bits per heavy atom. The fourth-order valence-electron chi connectivity index (χ4n) is 4.21. The first-order valence-electron chi connectivity index (χ1n) is 7.17. The minimum absolute atomic E-state index is 0.384. The molecule has 0 aliphatic heterocycles. The molecule has 0 aromatic rings. The summed E-state index contributed by atoms with van der Waals surface area (Å²) in [6, 6.07) is 0. The number of carbonyl (C=O) groups excluding carboxylic acids is 1. The van der Waals surface area contributed by atoms with Gasteiger partial charge in [-0.15, -0.1) is 0 Å². The van der Waals surface area contributed by atoms with E-state index in [1.807, 2.05) is 0 Å². The number of carbonyl (C=O) groups is 1. The molecule has 2 rings (SSSR count). The molecule has 16 heavy (non-hydrogen) atoms. The molecule has 0 spiro atoms. The fourth-order valence-corrected chi connectivity index (χ4v) is 4.21. The lowest BCUT2D eigenvalue weighted by atomic mass is 9.63.